The van der Waals surface area contributed by atoms with Gasteiger partial charge in [0.15, 0.2) is 6.10 Å². The van der Waals surface area contributed by atoms with Crippen molar-refractivity contribution in [2.24, 2.45) is 0 Å². The maximum atomic E-state index is 14.4. The summed E-state index contributed by atoms with van der Waals surface area (Å²) in [5.74, 6) is -3.21. The van der Waals surface area contributed by atoms with Crippen LogP contribution in [0, 0.1) is 11.6 Å². The normalized spacial score (nSPS) is 17.6. The Morgan fingerprint density at radius 2 is 2.00 bits per heavy atom. The van der Waals surface area contributed by atoms with Gasteiger partial charge in [-0.25, -0.2) is 13.6 Å². The number of aliphatic carboxylic acids is 1. The zero-order valence-electron chi connectivity index (χ0n) is 15.8. The SMILES string of the molecule is CC(C)(C)n1cc(C(=O)N2CCO[C@H](C(=O)O)C2)c(-c2ccc(F)cc2F)n1. The van der Waals surface area contributed by atoms with Crippen molar-refractivity contribution in [3.63, 3.8) is 0 Å². The summed E-state index contributed by atoms with van der Waals surface area (Å²) in [5, 5.41) is 13.5. The number of benzene rings is 1. The Labute approximate surface area is 160 Å². The zero-order valence-corrected chi connectivity index (χ0v) is 15.8. The molecule has 0 spiro atoms. The van der Waals surface area contributed by atoms with Crippen molar-refractivity contribution in [2.45, 2.75) is 32.4 Å². The van der Waals surface area contributed by atoms with E-state index in [0.29, 0.717) is 0 Å². The van der Waals surface area contributed by atoms with Crippen molar-refractivity contribution in [1.29, 1.82) is 0 Å². The molecule has 1 saturated heterocycles. The Morgan fingerprint density at radius 1 is 1.29 bits per heavy atom. The van der Waals surface area contributed by atoms with Crippen LogP contribution < -0.4 is 0 Å². The van der Waals surface area contributed by atoms with E-state index in [2.05, 4.69) is 5.10 Å². The van der Waals surface area contributed by atoms with Crippen molar-refractivity contribution in [2.75, 3.05) is 19.7 Å². The molecule has 1 fully saturated rings. The predicted octanol–water partition coefficient (Wildman–Crippen LogP) is 2.51. The van der Waals surface area contributed by atoms with Gasteiger partial charge in [0, 0.05) is 24.4 Å². The molecule has 1 amide bonds. The number of carbonyl (C=O) groups excluding carboxylic acids is 1. The molecule has 3 rings (SSSR count). The van der Waals surface area contributed by atoms with Crippen LogP contribution in [0.4, 0.5) is 8.78 Å². The fraction of sp³-hybridized carbons (Fsp3) is 0.421. The highest BCUT2D eigenvalue weighted by molar-refractivity contribution is 6.00. The second kappa shape index (κ2) is 7.31. The van der Waals surface area contributed by atoms with E-state index >= 15 is 0 Å². The number of rotatable bonds is 3. The highest BCUT2D eigenvalue weighted by Crippen LogP contribution is 2.29. The number of aromatic nitrogens is 2. The van der Waals surface area contributed by atoms with E-state index in [-0.39, 0.29) is 36.5 Å². The predicted molar refractivity (Wildman–Crippen MR) is 95.9 cm³/mol. The van der Waals surface area contributed by atoms with Gasteiger partial charge in [0.2, 0.25) is 0 Å². The van der Waals surface area contributed by atoms with E-state index in [4.69, 9.17) is 9.84 Å². The number of nitrogens with zero attached hydrogens (tertiary/aromatic N) is 3. The minimum absolute atomic E-state index is 0.00389. The van der Waals surface area contributed by atoms with Crippen molar-refractivity contribution >= 4 is 11.9 Å². The fourth-order valence-electron chi connectivity index (χ4n) is 2.91. The van der Waals surface area contributed by atoms with E-state index in [1.165, 1.54) is 21.8 Å². The number of carboxylic acid groups (broad SMARTS) is 1. The third-order valence-electron chi connectivity index (χ3n) is 4.45. The van der Waals surface area contributed by atoms with Crippen LogP contribution in [0.1, 0.15) is 31.1 Å². The summed E-state index contributed by atoms with van der Waals surface area (Å²) in [4.78, 5) is 25.6. The van der Waals surface area contributed by atoms with Crippen LogP contribution in [-0.4, -0.2) is 57.5 Å². The molecule has 1 aromatic heterocycles. The van der Waals surface area contributed by atoms with Crippen LogP contribution in [0.2, 0.25) is 0 Å². The molecule has 1 aliphatic heterocycles. The van der Waals surface area contributed by atoms with Gasteiger partial charge in [-0.15, -0.1) is 0 Å². The number of carboxylic acids is 1. The zero-order chi connectivity index (χ0) is 20.6. The maximum Gasteiger partial charge on any atom is 0.334 e. The average molecular weight is 393 g/mol. The third kappa shape index (κ3) is 3.89. The number of hydrogen-bond donors (Lipinski definition) is 1. The molecular weight excluding hydrogens is 372 g/mol. The van der Waals surface area contributed by atoms with Gasteiger partial charge >= 0.3 is 5.97 Å². The Bertz CT molecular complexity index is 920. The lowest BCUT2D eigenvalue weighted by Crippen LogP contribution is -2.48. The number of halogens is 2. The fourth-order valence-corrected chi connectivity index (χ4v) is 2.91. The lowest BCUT2D eigenvalue weighted by Gasteiger charge is -2.30. The number of amides is 1. The number of carbonyl (C=O) groups is 2. The first-order valence-corrected chi connectivity index (χ1v) is 8.77. The van der Waals surface area contributed by atoms with Crippen LogP contribution >= 0.6 is 0 Å². The lowest BCUT2D eigenvalue weighted by atomic mass is 10.1. The monoisotopic (exact) mass is 393 g/mol. The molecule has 0 aliphatic carbocycles. The van der Waals surface area contributed by atoms with Gasteiger partial charge in [-0.05, 0) is 32.9 Å². The molecule has 1 aromatic carbocycles. The van der Waals surface area contributed by atoms with Gasteiger partial charge in [-0.3, -0.25) is 9.48 Å². The summed E-state index contributed by atoms with van der Waals surface area (Å²) in [7, 11) is 0. The molecule has 0 radical (unpaired) electrons. The minimum atomic E-state index is -1.16. The van der Waals surface area contributed by atoms with Crippen LogP contribution in [-0.2, 0) is 15.1 Å². The van der Waals surface area contributed by atoms with E-state index in [0.717, 1.165) is 12.1 Å². The van der Waals surface area contributed by atoms with Gasteiger partial charge in [0.25, 0.3) is 5.91 Å². The quantitative estimate of drug-likeness (QED) is 0.866. The second-order valence-corrected chi connectivity index (χ2v) is 7.58. The van der Waals surface area contributed by atoms with Gasteiger partial charge in [-0.1, -0.05) is 0 Å². The highest BCUT2D eigenvalue weighted by atomic mass is 19.1. The maximum absolute atomic E-state index is 14.4. The van der Waals surface area contributed by atoms with E-state index in [1.807, 2.05) is 20.8 Å². The molecule has 0 saturated carbocycles. The second-order valence-electron chi connectivity index (χ2n) is 7.58. The van der Waals surface area contributed by atoms with Crippen molar-refractivity contribution in [3.05, 3.63) is 41.6 Å². The molecule has 1 atom stereocenters. The third-order valence-corrected chi connectivity index (χ3v) is 4.45. The van der Waals surface area contributed by atoms with Gasteiger partial charge in [0.1, 0.15) is 17.3 Å². The largest absolute Gasteiger partial charge is 0.479 e. The summed E-state index contributed by atoms with van der Waals surface area (Å²) in [6, 6.07) is 3.06. The highest BCUT2D eigenvalue weighted by Gasteiger charge is 2.33. The van der Waals surface area contributed by atoms with Gasteiger partial charge < -0.3 is 14.7 Å². The molecule has 28 heavy (non-hydrogen) atoms. The van der Waals surface area contributed by atoms with Crippen LogP contribution in [0.5, 0.6) is 0 Å². The van der Waals surface area contributed by atoms with Crippen LogP contribution in [0.15, 0.2) is 24.4 Å². The molecule has 7 nitrogen and oxygen atoms in total. The molecule has 0 unspecified atom stereocenters. The summed E-state index contributed by atoms with van der Waals surface area (Å²) in [6.07, 6.45) is 0.382. The van der Waals surface area contributed by atoms with E-state index in [9.17, 15) is 18.4 Å². The number of ether oxygens (including phenoxy) is 1. The summed E-state index contributed by atoms with van der Waals surface area (Å²) < 4.78 is 34.4. The van der Waals surface area contributed by atoms with Crippen LogP contribution in [0.3, 0.4) is 0 Å². The Hall–Kier alpha value is -2.81. The van der Waals surface area contributed by atoms with Gasteiger partial charge in [-0.2, -0.15) is 5.10 Å². The van der Waals surface area contributed by atoms with Crippen LogP contribution in [0.25, 0.3) is 11.3 Å². The Kier molecular flexibility index (Phi) is 5.20. The van der Waals surface area contributed by atoms with Crippen molar-refractivity contribution < 1.29 is 28.2 Å². The molecule has 150 valence electrons. The Balaban J connectivity index is 2.05. The first-order chi connectivity index (χ1) is 13.1. The number of hydrogen-bond acceptors (Lipinski definition) is 4. The van der Waals surface area contributed by atoms with E-state index < -0.39 is 35.2 Å². The minimum Gasteiger partial charge on any atom is -0.479 e. The molecule has 1 N–H and O–H groups in total. The molecule has 1 aliphatic rings. The first kappa shape index (κ1) is 19.9. The summed E-state index contributed by atoms with van der Waals surface area (Å²) in [5.41, 5.74) is -0.295. The summed E-state index contributed by atoms with van der Waals surface area (Å²) in [6.45, 7) is 5.77. The first-order valence-electron chi connectivity index (χ1n) is 8.77. The standard InChI is InChI=1S/C19H21F2N3O4/c1-19(2,3)24-9-13(16(22-24)12-5-4-11(20)8-14(12)21)17(25)23-6-7-28-15(10-23)18(26)27/h4-5,8-9,15H,6-7,10H2,1-3H3,(H,26,27)/t15-/m0/s1. The molecule has 2 aromatic rings. The number of morpholine rings is 1. The average Bonchev–Trinajstić information content (AvgIpc) is 3.06. The van der Waals surface area contributed by atoms with Gasteiger partial charge in [0.05, 0.1) is 24.3 Å². The van der Waals surface area contributed by atoms with E-state index in [1.54, 1.807) is 0 Å². The molecule has 0 bridgehead atoms. The summed E-state index contributed by atoms with van der Waals surface area (Å²) >= 11 is 0. The molecule has 2 heterocycles. The molecule has 9 heteroatoms. The smallest absolute Gasteiger partial charge is 0.334 e. The molecular formula is C19H21F2N3O4. The topological polar surface area (TPSA) is 84.7 Å². The van der Waals surface area contributed by atoms with Crippen molar-refractivity contribution in [1.82, 2.24) is 14.7 Å². The Morgan fingerprint density at radius 3 is 2.61 bits per heavy atom. The van der Waals surface area contributed by atoms with Crippen molar-refractivity contribution in [3.8, 4) is 11.3 Å². The lowest BCUT2D eigenvalue weighted by molar-refractivity contribution is -0.154.